The van der Waals surface area contributed by atoms with E-state index in [0.717, 1.165) is 60.5 Å². The molecule has 5 heteroatoms. The van der Waals surface area contributed by atoms with Crippen molar-refractivity contribution in [2.24, 2.45) is 0 Å². The molecule has 10 rings (SSSR count). The Morgan fingerprint density at radius 2 is 1.00 bits per heavy atom. The largest absolute Gasteiger partial charge is 0.456 e. The molecular weight excluding hydrogens is 607 g/mol. The lowest BCUT2D eigenvalue weighted by molar-refractivity contribution is 0.669. The minimum Gasteiger partial charge on any atom is -0.456 e. The molecule has 0 fully saturated rings. The van der Waals surface area contributed by atoms with Gasteiger partial charge in [0.15, 0.2) is 17.5 Å². The molecule has 0 saturated carbocycles. The molecule has 4 nitrogen and oxygen atoms in total. The van der Waals surface area contributed by atoms with Crippen molar-refractivity contribution in [1.29, 1.82) is 0 Å². The van der Waals surface area contributed by atoms with E-state index in [2.05, 4.69) is 115 Å². The summed E-state index contributed by atoms with van der Waals surface area (Å²) in [4.78, 5) is 15.3. The number of aromatic nitrogens is 3. The second kappa shape index (κ2) is 10.7. The van der Waals surface area contributed by atoms with Crippen molar-refractivity contribution in [2.75, 3.05) is 0 Å². The van der Waals surface area contributed by atoms with E-state index in [4.69, 9.17) is 19.4 Å². The first-order valence-electron chi connectivity index (χ1n) is 15.9. The number of thiophene rings is 1. The molecule has 0 aliphatic carbocycles. The van der Waals surface area contributed by atoms with Gasteiger partial charge in [-0.25, -0.2) is 15.0 Å². The zero-order valence-electron chi connectivity index (χ0n) is 25.6. The van der Waals surface area contributed by atoms with E-state index < -0.39 is 0 Å². The third-order valence-corrected chi connectivity index (χ3v) is 10.3. The van der Waals surface area contributed by atoms with E-state index in [0.29, 0.717) is 17.5 Å². The highest BCUT2D eigenvalue weighted by molar-refractivity contribution is 7.25. The number of para-hydroxylation sites is 1. The molecule has 7 aromatic carbocycles. The normalized spacial score (nSPS) is 11.8. The molecule has 48 heavy (non-hydrogen) atoms. The Kier molecular flexibility index (Phi) is 6.01. The topological polar surface area (TPSA) is 51.8 Å². The van der Waals surface area contributed by atoms with Gasteiger partial charge in [-0.15, -0.1) is 11.3 Å². The van der Waals surface area contributed by atoms with Crippen LogP contribution in [0.25, 0.3) is 98.2 Å². The third-order valence-electron chi connectivity index (χ3n) is 9.16. The van der Waals surface area contributed by atoms with E-state index in [9.17, 15) is 0 Å². The average molecular weight is 632 g/mol. The maximum atomic E-state index is 6.25. The van der Waals surface area contributed by atoms with Crippen LogP contribution in [0.2, 0.25) is 0 Å². The van der Waals surface area contributed by atoms with Gasteiger partial charge in [-0.2, -0.15) is 0 Å². The predicted octanol–water partition coefficient (Wildman–Crippen LogP) is 12.0. The second-order valence-corrected chi connectivity index (χ2v) is 13.0. The Hall–Kier alpha value is -6.17. The number of fused-ring (bicyclic) bond motifs is 7. The Morgan fingerprint density at radius 1 is 0.375 bits per heavy atom. The monoisotopic (exact) mass is 631 g/mol. The smallest absolute Gasteiger partial charge is 0.164 e. The van der Waals surface area contributed by atoms with Crippen molar-refractivity contribution < 1.29 is 4.42 Å². The third kappa shape index (κ3) is 4.25. The Balaban J connectivity index is 1.19. The van der Waals surface area contributed by atoms with Crippen LogP contribution in [0, 0.1) is 0 Å². The first kappa shape index (κ1) is 27.0. The highest BCUT2D eigenvalue weighted by Crippen LogP contribution is 2.42. The fourth-order valence-electron chi connectivity index (χ4n) is 6.93. The summed E-state index contributed by atoms with van der Waals surface area (Å²) in [5.41, 5.74) is 6.92. The maximum Gasteiger partial charge on any atom is 0.164 e. The summed E-state index contributed by atoms with van der Waals surface area (Å²) in [5, 5.41) is 6.96. The molecule has 0 aliphatic rings. The van der Waals surface area contributed by atoms with Gasteiger partial charge in [0.05, 0.1) is 0 Å². The van der Waals surface area contributed by atoms with Crippen LogP contribution in [0.15, 0.2) is 156 Å². The summed E-state index contributed by atoms with van der Waals surface area (Å²) in [7, 11) is 0. The minimum absolute atomic E-state index is 0.644. The maximum absolute atomic E-state index is 6.25. The molecule has 0 unspecified atom stereocenters. The number of rotatable bonds is 4. The van der Waals surface area contributed by atoms with Crippen molar-refractivity contribution in [3.8, 4) is 45.3 Å². The molecule has 3 aromatic heterocycles. The number of benzene rings is 7. The average Bonchev–Trinajstić information content (AvgIpc) is 3.73. The Morgan fingerprint density at radius 3 is 1.85 bits per heavy atom. The summed E-state index contributed by atoms with van der Waals surface area (Å²) in [6.07, 6.45) is 0. The van der Waals surface area contributed by atoms with E-state index >= 15 is 0 Å². The van der Waals surface area contributed by atoms with Crippen molar-refractivity contribution in [3.05, 3.63) is 152 Å². The molecule has 3 heterocycles. The van der Waals surface area contributed by atoms with E-state index in [1.165, 1.54) is 20.2 Å². The van der Waals surface area contributed by atoms with Gasteiger partial charge in [0, 0.05) is 47.6 Å². The van der Waals surface area contributed by atoms with Crippen LogP contribution in [0.3, 0.4) is 0 Å². The van der Waals surface area contributed by atoms with Gasteiger partial charge >= 0.3 is 0 Å². The zero-order chi connectivity index (χ0) is 31.6. The van der Waals surface area contributed by atoms with Crippen molar-refractivity contribution in [1.82, 2.24) is 15.0 Å². The first-order valence-corrected chi connectivity index (χ1v) is 16.8. The summed E-state index contributed by atoms with van der Waals surface area (Å²) < 4.78 is 8.74. The predicted molar refractivity (Wildman–Crippen MR) is 199 cm³/mol. The fourth-order valence-corrected chi connectivity index (χ4v) is 8.08. The van der Waals surface area contributed by atoms with Gasteiger partial charge in [-0.05, 0) is 52.2 Å². The highest BCUT2D eigenvalue weighted by atomic mass is 32.1. The number of furan rings is 1. The molecular formula is C43H25N3OS. The zero-order valence-corrected chi connectivity index (χ0v) is 26.4. The van der Waals surface area contributed by atoms with E-state index in [1.807, 2.05) is 36.4 Å². The van der Waals surface area contributed by atoms with Crippen LogP contribution in [0.5, 0.6) is 0 Å². The van der Waals surface area contributed by atoms with E-state index in [1.54, 1.807) is 11.3 Å². The summed E-state index contributed by atoms with van der Waals surface area (Å²) >= 11 is 1.80. The van der Waals surface area contributed by atoms with Gasteiger partial charge in [0.1, 0.15) is 11.2 Å². The van der Waals surface area contributed by atoms with Gasteiger partial charge in [0.25, 0.3) is 0 Å². The van der Waals surface area contributed by atoms with Gasteiger partial charge in [-0.3, -0.25) is 0 Å². The van der Waals surface area contributed by atoms with Crippen LogP contribution >= 0.6 is 11.3 Å². The van der Waals surface area contributed by atoms with Crippen LogP contribution in [0.1, 0.15) is 0 Å². The first-order chi connectivity index (χ1) is 23.8. The minimum atomic E-state index is 0.644. The number of hydrogen-bond donors (Lipinski definition) is 0. The molecule has 10 aromatic rings. The molecule has 0 aliphatic heterocycles. The van der Waals surface area contributed by atoms with Gasteiger partial charge < -0.3 is 4.42 Å². The van der Waals surface area contributed by atoms with Crippen LogP contribution in [0.4, 0.5) is 0 Å². The number of nitrogens with zero attached hydrogens (tertiary/aromatic N) is 3. The standard InChI is InChI=1S/C43H25N3OS/c1-2-11-26(12-3-1)41-44-42(27-21-22-32-31-15-7-9-20-38(31)48-39(32)25-27)46-43(45-41)34-24-23-30(28-13-4-5-14-29(28)34)33-17-10-19-37-40(33)35-16-6-8-18-36(35)47-37/h1-25H. The molecule has 0 atom stereocenters. The van der Waals surface area contributed by atoms with Crippen LogP contribution < -0.4 is 0 Å². The molecule has 0 radical (unpaired) electrons. The summed E-state index contributed by atoms with van der Waals surface area (Å²) in [6, 6.07) is 52.7. The van der Waals surface area contributed by atoms with Crippen molar-refractivity contribution in [3.63, 3.8) is 0 Å². The van der Waals surface area contributed by atoms with E-state index in [-0.39, 0.29) is 0 Å². The number of hydrogen-bond acceptors (Lipinski definition) is 5. The lowest BCUT2D eigenvalue weighted by Crippen LogP contribution is -2.00. The van der Waals surface area contributed by atoms with Gasteiger partial charge in [-0.1, -0.05) is 121 Å². The lowest BCUT2D eigenvalue weighted by atomic mass is 9.92. The summed E-state index contributed by atoms with van der Waals surface area (Å²) in [5.74, 6) is 1.95. The lowest BCUT2D eigenvalue weighted by Gasteiger charge is -2.13. The molecule has 0 saturated heterocycles. The second-order valence-electron chi connectivity index (χ2n) is 12.0. The quantitative estimate of drug-likeness (QED) is 0.194. The van der Waals surface area contributed by atoms with Crippen LogP contribution in [-0.2, 0) is 0 Å². The Labute approximate surface area is 279 Å². The van der Waals surface area contributed by atoms with Crippen molar-refractivity contribution >= 4 is 64.2 Å². The Bertz CT molecular complexity index is 2850. The molecule has 224 valence electrons. The van der Waals surface area contributed by atoms with Crippen LogP contribution in [-0.4, -0.2) is 15.0 Å². The van der Waals surface area contributed by atoms with Crippen molar-refractivity contribution in [2.45, 2.75) is 0 Å². The molecule has 0 spiro atoms. The molecule has 0 bridgehead atoms. The molecule has 0 N–H and O–H groups in total. The SMILES string of the molecule is c1ccc(-c2nc(-c3ccc4c(c3)sc3ccccc34)nc(-c3ccc(-c4cccc5oc6ccccc6c45)c4ccccc34)n2)cc1. The highest BCUT2D eigenvalue weighted by Gasteiger charge is 2.19. The fraction of sp³-hybridized carbons (Fsp3) is 0. The molecule has 0 amide bonds. The van der Waals surface area contributed by atoms with Gasteiger partial charge in [0.2, 0.25) is 0 Å². The summed E-state index contributed by atoms with van der Waals surface area (Å²) in [6.45, 7) is 0.